The zero-order valence-electron chi connectivity index (χ0n) is 28.0. The molecule has 0 radical (unpaired) electrons. The molecule has 7 rings (SSSR count). The SMILES string of the molecule is C=C(C(=O)N1CCN(c2nc(OC[C@@H]3CCCN3C)nc3c2CCN(c2cccc4ccc(F)c(C)c24)C3)C[C@@H]1CC#N)c1cncnc1. The molecule has 4 aromatic rings. The maximum atomic E-state index is 14.8. The number of carbonyl (C=O) groups is 1. The minimum atomic E-state index is -0.372. The van der Waals surface area contributed by atoms with E-state index in [0.717, 1.165) is 52.9 Å². The topological polar surface area (TPSA) is 115 Å². The molecule has 2 aromatic heterocycles. The molecule has 12 heteroatoms. The zero-order valence-corrected chi connectivity index (χ0v) is 28.0. The Kier molecular flexibility index (Phi) is 9.10. The molecular formula is C37H40FN9O2. The Morgan fingerprint density at radius 1 is 1.08 bits per heavy atom. The van der Waals surface area contributed by atoms with Gasteiger partial charge in [-0.2, -0.15) is 15.2 Å². The molecule has 2 aromatic carbocycles. The number of piperazine rings is 1. The molecule has 3 aliphatic rings. The normalized spacial score (nSPS) is 19.5. The zero-order chi connectivity index (χ0) is 34.1. The van der Waals surface area contributed by atoms with E-state index in [4.69, 9.17) is 14.7 Å². The monoisotopic (exact) mass is 661 g/mol. The van der Waals surface area contributed by atoms with E-state index in [1.807, 2.05) is 31.2 Å². The molecule has 11 nitrogen and oxygen atoms in total. The molecule has 3 aliphatic heterocycles. The van der Waals surface area contributed by atoms with E-state index in [0.29, 0.717) is 74.5 Å². The molecule has 0 spiro atoms. The Bertz CT molecular complexity index is 1930. The number of anilines is 2. The molecule has 0 aliphatic carbocycles. The molecule has 0 saturated carbocycles. The number of rotatable bonds is 8. The lowest BCUT2D eigenvalue weighted by atomic mass is 9.99. The predicted molar refractivity (Wildman–Crippen MR) is 186 cm³/mol. The highest BCUT2D eigenvalue weighted by Gasteiger charge is 2.35. The van der Waals surface area contributed by atoms with Gasteiger partial charge in [-0.25, -0.2) is 14.4 Å². The van der Waals surface area contributed by atoms with E-state index in [9.17, 15) is 14.4 Å². The number of ether oxygens (including phenoxy) is 1. The highest BCUT2D eigenvalue weighted by Crippen LogP contribution is 2.37. The second kappa shape index (κ2) is 13.8. The predicted octanol–water partition coefficient (Wildman–Crippen LogP) is 4.55. The molecule has 0 unspecified atom stereocenters. The Hall–Kier alpha value is -5.15. The number of aromatic nitrogens is 4. The van der Waals surface area contributed by atoms with Crippen LogP contribution in [0.5, 0.6) is 6.01 Å². The Morgan fingerprint density at radius 2 is 1.92 bits per heavy atom. The maximum absolute atomic E-state index is 14.8. The van der Waals surface area contributed by atoms with Crippen LogP contribution in [0.3, 0.4) is 0 Å². The van der Waals surface area contributed by atoms with Crippen molar-refractivity contribution in [3.8, 4) is 12.1 Å². The third kappa shape index (κ3) is 6.38. The van der Waals surface area contributed by atoms with Crippen LogP contribution in [0.2, 0.25) is 0 Å². The average molecular weight is 662 g/mol. The van der Waals surface area contributed by atoms with Crippen LogP contribution in [0.1, 0.15) is 41.6 Å². The first-order valence-corrected chi connectivity index (χ1v) is 16.8. The lowest BCUT2D eigenvalue weighted by Crippen LogP contribution is -2.56. The molecule has 2 fully saturated rings. The van der Waals surface area contributed by atoms with Gasteiger partial charge in [0.05, 0.1) is 30.8 Å². The molecule has 0 N–H and O–H groups in total. The number of carbonyl (C=O) groups excluding carboxylic acids is 1. The first kappa shape index (κ1) is 32.4. The van der Waals surface area contributed by atoms with Gasteiger partial charge >= 0.3 is 6.01 Å². The highest BCUT2D eigenvalue weighted by atomic mass is 19.1. The summed E-state index contributed by atoms with van der Waals surface area (Å²) in [6, 6.07) is 12.0. The Morgan fingerprint density at radius 3 is 2.69 bits per heavy atom. The van der Waals surface area contributed by atoms with Crippen LogP contribution in [0.25, 0.3) is 16.3 Å². The van der Waals surface area contributed by atoms with Gasteiger partial charge in [-0.1, -0.05) is 24.8 Å². The Labute approximate surface area is 285 Å². The average Bonchev–Trinajstić information content (AvgIpc) is 3.55. The number of amides is 1. The van der Waals surface area contributed by atoms with E-state index in [-0.39, 0.29) is 24.2 Å². The summed E-state index contributed by atoms with van der Waals surface area (Å²) < 4.78 is 21.1. The quantitative estimate of drug-likeness (QED) is 0.249. The van der Waals surface area contributed by atoms with Gasteiger partial charge in [0.25, 0.3) is 5.91 Å². The van der Waals surface area contributed by atoms with Crippen LogP contribution in [0, 0.1) is 24.1 Å². The number of likely N-dealkylation sites (tertiary alicyclic amines) is 1. The van der Waals surface area contributed by atoms with E-state index >= 15 is 0 Å². The number of likely N-dealkylation sites (N-methyl/N-ethyl adjacent to an activating group) is 1. The fraction of sp³-hybridized carbons (Fsp3) is 0.405. The molecule has 2 saturated heterocycles. The summed E-state index contributed by atoms with van der Waals surface area (Å²) in [6.45, 7) is 9.94. The summed E-state index contributed by atoms with van der Waals surface area (Å²) in [6.07, 6.45) is 7.58. The van der Waals surface area contributed by atoms with E-state index < -0.39 is 0 Å². The number of hydrogen-bond donors (Lipinski definition) is 0. The number of nitrogens with zero attached hydrogens (tertiary/aromatic N) is 9. The van der Waals surface area contributed by atoms with Gasteiger partial charge in [0.2, 0.25) is 0 Å². The van der Waals surface area contributed by atoms with Crippen molar-refractivity contribution in [3.63, 3.8) is 0 Å². The van der Waals surface area contributed by atoms with Crippen LogP contribution in [0.4, 0.5) is 15.9 Å². The minimum absolute atomic E-state index is 0.163. The number of aryl methyl sites for hydroxylation is 1. The molecule has 0 bridgehead atoms. The lowest BCUT2D eigenvalue weighted by Gasteiger charge is -2.42. The van der Waals surface area contributed by atoms with Crippen LogP contribution >= 0.6 is 0 Å². The number of benzene rings is 2. The van der Waals surface area contributed by atoms with Crippen molar-refractivity contribution in [2.45, 2.75) is 51.2 Å². The molecule has 1 amide bonds. The molecular weight excluding hydrogens is 621 g/mol. The number of halogens is 1. The van der Waals surface area contributed by atoms with Gasteiger partial charge in [-0.3, -0.25) is 4.79 Å². The van der Waals surface area contributed by atoms with Crippen LogP contribution in [-0.2, 0) is 17.8 Å². The first-order valence-electron chi connectivity index (χ1n) is 16.8. The van der Waals surface area contributed by atoms with Crippen LogP contribution in [-0.4, -0.2) is 94.1 Å². The summed E-state index contributed by atoms with van der Waals surface area (Å²) in [4.78, 5) is 40.1. The minimum Gasteiger partial charge on any atom is -0.462 e. The fourth-order valence-electron chi connectivity index (χ4n) is 7.40. The van der Waals surface area contributed by atoms with Crippen molar-refractivity contribution in [2.24, 2.45) is 0 Å². The maximum Gasteiger partial charge on any atom is 0.318 e. The standard InChI is InChI=1S/C37H40FN9O2/c1-24(27-18-40-23-41-19-27)36(48)47-17-16-46(20-28(47)11-13-39)35-30-12-15-45(33-8-4-6-26-9-10-31(38)25(2)34(26)33)21-32(30)42-37(43-35)49-22-29-7-5-14-44(29)3/h4,6,8-10,18-19,23,28-29H,1,5,7,11-12,14-17,20-22H2,2-3H3/t28-,29-/m0/s1. The summed E-state index contributed by atoms with van der Waals surface area (Å²) in [5.74, 6) is 0.325. The second-order valence-electron chi connectivity index (χ2n) is 13.1. The third-order valence-corrected chi connectivity index (χ3v) is 10.2. The van der Waals surface area contributed by atoms with Gasteiger partial charge in [0, 0.05) is 72.4 Å². The summed E-state index contributed by atoms with van der Waals surface area (Å²) in [5.41, 5.74) is 4.36. The Balaban J connectivity index is 1.20. The number of fused-ring (bicyclic) bond motifs is 2. The van der Waals surface area contributed by atoms with Gasteiger partial charge in [-0.05, 0) is 62.9 Å². The van der Waals surface area contributed by atoms with Crippen LogP contribution in [0.15, 0.2) is 55.6 Å². The van der Waals surface area contributed by atoms with Gasteiger partial charge in [0.15, 0.2) is 0 Å². The van der Waals surface area contributed by atoms with Gasteiger partial charge in [0.1, 0.15) is 24.6 Å². The smallest absolute Gasteiger partial charge is 0.318 e. The van der Waals surface area contributed by atoms with Crippen molar-refractivity contribution >= 4 is 33.8 Å². The van der Waals surface area contributed by atoms with Crippen molar-refractivity contribution in [2.75, 3.05) is 56.2 Å². The van der Waals surface area contributed by atoms with E-state index in [1.54, 1.807) is 17.3 Å². The summed E-state index contributed by atoms with van der Waals surface area (Å²) in [5, 5.41) is 11.7. The third-order valence-electron chi connectivity index (χ3n) is 10.2. The fourth-order valence-corrected chi connectivity index (χ4v) is 7.40. The van der Waals surface area contributed by atoms with Crippen molar-refractivity contribution in [1.82, 2.24) is 29.7 Å². The van der Waals surface area contributed by atoms with Crippen molar-refractivity contribution in [3.05, 3.63) is 83.8 Å². The summed E-state index contributed by atoms with van der Waals surface area (Å²) >= 11 is 0. The van der Waals surface area contributed by atoms with E-state index in [1.165, 1.54) is 12.4 Å². The number of nitriles is 1. The summed E-state index contributed by atoms with van der Waals surface area (Å²) in [7, 11) is 2.11. The largest absolute Gasteiger partial charge is 0.462 e. The number of hydrogen-bond acceptors (Lipinski definition) is 10. The van der Waals surface area contributed by atoms with Crippen molar-refractivity contribution < 1.29 is 13.9 Å². The molecule has 2 atom stereocenters. The second-order valence-corrected chi connectivity index (χ2v) is 13.1. The van der Waals surface area contributed by atoms with Gasteiger partial charge in [-0.15, -0.1) is 0 Å². The highest BCUT2D eigenvalue weighted by molar-refractivity contribution is 6.18. The van der Waals surface area contributed by atoms with Crippen molar-refractivity contribution in [1.29, 1.82) is 5.26 Å². The molecule has 252 valence electrons. The van der Waals surface area contributed by atoms with E-state index in [2.05, 4.69) is 44.4 Å². The first-order chi connectivity index (χ1) is 23.8. The van der Waals surface area contributed by atoms with Crippen LogP contribution < -0.4 is 14.5 Å². The molecule has 49 heavy (non-hydrogen) atoms. The lowest BCUT2D eigenvalue weighted by molar-refractivity contribution is -0.127. The molecule has 5 heterocycles. The van der Waals surface area contributed by atoms with Gasteiger partial charge < -0.3 is 24.3 Å².